The van der Waals surface area contributed by atoms with Gasteiger partial charge in [0.15, 0.2) is 6.29 Å². The normalized spacial score (nSPS) is 21.0. The van der Waals surface area contributed by atoms with Gasteiger partial charge in [0.25, 0.3) is 0 Å². The van der Waals surface area contributed by atoms with Crippen LogP contribution in [0.25, 0.3) is 0 Å². The summed E-state index contributed by atoms with van der Waals surface area (Å²) in [5.74, 6) is -0.191. The Morgan fingerprint density at radius 1 is 0.559 bits per heavy atom. The van der Waals surface area contributed by atoms with Gasteiger partial charge in [0.2, 0.25) is 5.91 Å². The summed E-state index contributed by atoms with van der Waals surface area (Å²) in [4.78, 5) is 12.9. The third-order valence-corrected chi connectivity index (χ3v) is 11.7. The molecule has 7 unspecified atom stereocenters. The largest absolute Gasteiger partial charge is 0.394 e. The van der Waals surface area contributed by atoms with Crippen molar-refractivity contribution in [2.45, 2.75) is 262 Å². The van der Waals surface area contributed by atoms with Crippen molar-refractivity contribution in [3.8, 4) is 0 Å². The summed E-state index contributed by atoms with van der Waals surface area (Å²) in [5, 5.41) is 54.2. The highest BCUT2D eigenvalue weighted by atomic mass is 16.7. The molecule has 0 spiro atoms. The molecule has 1 aliphatic rings. The molecule has 346 valence electrons. The van der Waals surface area contributed by atoms with E-state index in [1.54, 1.807) is 6.08 Å². The Kier molecular flexibility index (Phi) is 38.0. The third-order valence-electron chi connectivity index (χ3n) is 11.7. The Balaban J connectivity index is 2.32. The Morgan fingerprint density at radius 3 is 1.42 bits per heavy atom. The Bertz CT molecular complexity index is 1020. The highest BCUT2D eigenvalue weighted by Gasteiger charge is 2.44. The topological polar surface area (TPSA) is 149 Å². The highest BCUT2D eigenvalue weighted by Crippen LogP contribution is 2.23. The van der Waals surface area contributed by atoms with Crippen molar-refractivity contribution in [2.24, 2.45) is 0 Å². The summed E-state index contributed by atoms with van der Waals surface area (Å²) in [6.45, 7) is 3.75. The molecule has 1 heterocycles. The lowest BCUT2D eigenvalue weighted by Crippen LogP contribution is -2.60. The van der Waals surface area contributed by atoms with E-state index in [-0.39, 0.29) is 12.5 Å². The van der Waals surface area contributed by atoms with Crippen molar-refractivity contribution in [1.82, 2.24) is 5.32 Å². The lowest BCUT2D eigenvalue weighted by molar-refractivity contribution is -0.302. The van der Waals surface area contributed by atoms with Crippen LogP contribution >= 0.6 is 0 Å². The fourth-order valence-electron chi connectivity index (χ4n) is 7.72. The molecule has 1 saturated heterocycles. The summed E-state index contributed by atoms with van der Waals surface area (Å²) in [7, 11) is 0. The van der Waals surface area contributed by atoms with Gasteiger partial charge in [-0.05, 0) is 44.9 Å². The summed E-state index contributed by atoms with van der Waals surface area (Å²) < 4.78 is 11.2. The molecule has 9 nitrogen and oxygen atoms in total. The molecule has 0 radical (unpaired) electrons. The standard InChI is InChI=1S/C50H93NO8/c1-3-5-7-9-11-13-15-17-18-19-20-21-22-23-24-25-26-27-28-29-31-33-35-37-39-44(53)43(42-58-50-49(57)48(56)47(55)45(41-52)59-50)51-46(54)40-38-36-34-32-30-16-14-12-10-8-6-4-2/h25-26,29,31,37,39,43-45,47-50,52-53,55-57H,3-24,27-28,30,32-36,38,40-42H2,1-2H3,(H,51,54)/b26-25+,31-29+,39-37+. The molecule has 7 atom stereocenters. The summed E-state index contributed by atoms with van der Waals surface area (Å²) in [6.07, 6.45) is 43.5. The maximum atomic E-state index is 12.9. The van der Waals surface area contributed by atoms with Gasteiger partial charge < -0.3 is 40.3 Å². The molecule has 6 N–H and O–H groups in total. The lowest BCUT2D eigenvalue weighted by Gasteiger charge is -2.40. The van der Waals surface area contributed by atoms with Crippen molar-refractivity contribution >= 4 is 5.91 Å². The second-order valence-corrected chi connectivity index (χ2v) is 17.2. The van der Waals surface area contributed by atoms with Gasteiger partial charge in [0.1, 0.15) is 24.4 Å². The van der Waals surface area contributed by atoms with Crippen LogP contribution in [-0.2, 0) is 14.3 Å². The zero-order valence-electron chi connectivity index (χ0n) is 38.0. The van der Waals surface area contributed by atoms with Crippen LogP contribution in [0.3, 0.4) is 0 Å². The molecule has 1 amide bonds. The SMILES string of the molecule is CCCCCCCCCCCCCCCC/C=C/CC/C=C/CC/C=C/C(O)C(COC1OC(CO)C(O)C(O)C1O)NC(=O)CCCCCCCCCCCCCC. The average molecular weight is 836 g/mol. The molecule has 1 fully saturated rings. The van der Waals surface area contributed by atoms with E-state index in [0.717, 1.165) is 44.9 Å². The Morgan fingerprint density at radius 2 is 0.966 bits per heavy atom. The van der Waals surface area contributed by atoms with Crippen LogP contribution in [0.2, 0.25) is 0 Å². The first kappa shape index (κ1) is 55.4. The number of carbonyl (C=O) groups is 1. The van der Waals surface area contributed by atoms with Crippen LogP contribution in [0.5, 0.6) is 0 Å². The third kappa shape index (κ3) is 31.0. The monoisotopic (exact) mass is 836 g/mol. The van der Waals surface area contributed by atoms with Crippen LogP contribution in [0, 0.1) is 0 Å². The molecule has 0 aromatic heterocycles. The molecule has 1 rings (SSSR count). The number of nitrogens with one attached hydrogen (secondary N) is 1. The van der Waals surface area contributed by atoms with Gasteiger partial charge in [-0.15, -0.1) is 0 Å². The van der Waals surface area contributed by atoms with Gasteiger partial charge in [-0.1, -0.05) is 204 Å². The zero-order valence-corrected chi connectivity index (χ0v) is 38.0. The average Bonchev–Trinajstić information content (AvgIpc) is 3.23. The molecule has 59 heavy (non-hydrogen) atoms. The van der Waals surface area contributed by atoms with E-state index in [0.29, 0.717) is 6.42 Å². The van der Waals surface area contributed by atoms with E-state index < -0.39 is 49.5 Å². The van der Waals surface area contributed by atoms with Crippen molar-refractivity contribution in [1.29, 1.82) is 0 Å². The van der Waals surface area contributed by atoms with Gasteiger partial charge in [-0.3, -0.25) is 4.79 Å². The molecular weight excluding hydrogens is 743 g/mol. The van der Waals surface area contributed by atoms with Crippen molar-refractivity contribution in [2.75, 3.05) is 13.2 Å². The summed E-state index contributed by atoms with van der Waals surface area (Å²) in [6, 6.07) is -0.824. The number of aliphatic hydroxyl groups excluding tert-OH is 5. The fraction of sp³-hybridized carbons (Fsp3) is 0.860. The van der Waals surface area contributed by atoms with E-state index in [4.69, 9.17) is 9.47 Å². The van der Waals surface area contributed by atoms with Crippen molar-refractivity contribution < 1.29 is 39.8 Å². The summed E-state index contributed by atoms with van der Waals surface area (Å²) >= 11 is 0. The quantitative estimate of drug-likeness (QED) is 0.0263. The van der Waals surface area contributed by atoms with Gasteiger partial charge in [-0.2, -0.15) is 0 Å². The van der Waals surface area contributed by atoms with Gasteiger partial charge >= 0.3 is 0 Å². The number of rotatable bonds is 41. The first-order valence-corrected chi connectivity index (χ1v) is 24.7. The number of allylic oxidation sites excluding steroid dienone is 5. The molecule has 0 aromatic carbocycles. The van der Waals surface area contributed by atoms with E-state index >= 15 is 0 Å². The van der Waals surface area contributed by atoms with Crippen LogP contribution in [0.4, 0.5) is 0 Å². The second kappa shape index (κ2) is 40.5. The van der Waals surface area contributed by atoms with Gasteiger partial charge in [-0.25, -0.2) is 0 Å². The molecular formula is C50H93NO8. The van der Waals surface area contributed by atoms with Crippen LogP contribution in [-0.4, -0.2) is 87.5 Å². The molecule has 0 saturated carbocycles. The maximum Gasteiger partial charge on any atom is 0.220 e. The zero-order chi connectivity index (χ0) is 43.0. The number of hydrogen-bond donors (Lipinski definition) is 6. The number of amides is 1. The molecule has 0 bridgehead atoms. The Hall–Kier alpha value is -1.59. The minimum Gasteiger partial charge on any atom is -0.394 e. The number of unbranched alkanes of at least 4 members (excludes halogenated alkanes) is 27. The smallest absolute Gasteiger partial charge is 0.220 e. The predicted molar refractivity (Wildman–Crippen MR) is 244 cm³/mol. The number of aliphatic hydroxyl groups is 5. The van der Waals surface area contributed by atoms with Gasteiger partial charge in [0.05, 0.1) is 25.4 Å². The first-order chi connectivity index (χ1) is 28.8. The minimum absolute atomic E-state index is 0.191. The van der Waals surface area contributed by atoms with Gasteiger partial charge in [0, 0.05) is 6.42 Å². The summed E-state index contributed by atoms with van der Waals surface area (Å²) in [5.41, 5.74) is 0. The Labute approximate surface area is 361 Å². The minimum atomic E-state index is -1.57. The molecule has 0 aliphatic carbocycles. The van der Waals surface area contributed by atoms with E-state index in [9.17, 15) is 30.3 Å². The number of hydrogen-bond acceptors (Lipinski definition) is 8. The van der Waals surface area contributed by atoms with Crippen molar-refractivity contribution in [3.05, 3.63) is 36.5 Å². The van der Waals surface area contributed by atoms with Crippen LogP contribution in [0.1, 0.15) is 219 Å². The molecule has 9 heteroatoms. The highest BCUT2D eigenvalue weighted by molar-refractivity contribution is 5.76. The fourth-order valence-corrected chi connectivity index (χ4v) is 7.72. The number of ether oxygens (including phenoxy) is 2. The van der Waals surface area contributed by atoms with E-state index in [1.165, 1.54) is 154 Å². The first-order valence-electron chi connectivity index (χ1n) is 24.7. The van der Waals surface area contributed by atoms with Crippen molar-refractivity contribution in [3.63, 3.8) is 0 Å². The molecule has 1 aliphatic heterocycles. The lowest BCUT2D eigenvalue weighted by atomic mass is 9.99. The van der Waals surface area contributed by atoms with E-state index in [1.807, 2.05) is 6.08 Å². The molecule has 0 aromatic rings. The second-order valence-electron chi connectivity index (χ2n) is 17.2. The number of carbonyl (C=O) groups excluding carboxylic acids is 1. The maximum absolute atomic E-state index is 12.9. The van der Waals surface area contributed by atoms with Crippen LogP contribution in [0.15, 0.2) is 36.5 Å². The van der Waals surface area contributed by atoms with Crippen LogP contribution < -0.4 is 5.32 Å². The predicted octanol–water partition coefficient (Wildman–Crippen LogP) is 10.8. The van der Waals surface area contributed by atoms with E-state index in [2.05, 4.69) is 43.5 Å².